The van der Waals surface area contributed by atoms with Gasteiger partial charge in [-0.15, -0.1) is 0 Å². The summed E-state index contributed by atoms with van der Waals surface area (Å²) < 4.78 is 39.6. The van der Waals surface area contributed by atoms with E-state index in [4.69, 9.17) is 23.7 Å². The molecule has 0 aliphatic heterocycles. The van der Waals surface area contributed by atoms with Crippen molar-refractivity contribution in [3.8, 4) is 28.4 Å². The van der Waals surface area contributed by atoms with Crippen molar-refractivity contribution in [1.29, 1.82) is 0 Å². The van der Waals surface area contributed by atoms with Gasteiger partial charge in [0.05, 0.1) is 32.0 Å². The number of hydrogen-bond acceptors (Lipinski definition) is 8. The fourth-order valence-electron chi connectivity index (χ4n) is 4.73. The van der Waals surface area contributed by atoms with Crippen LogP contribution in [0, 0.1) is 0 Å². The molecule has 0 saturated heterocycles. The lowest BCUT2D eigenvalue weighted by Crippen LogP contribution is -2.09. The van der Waals surface area contributed by atoms with Crippen LogP contribution in [0.25, 0.3) is 11.1 Å². The zero-order valence-corrected chi connectivity index (χ0v) is 24.6. The van der Waals surface area contributed by atoms with Crippen molar-refractivity contribution in [2.45, 2.75) is 38.5 Å². The molecule has 0 bridgehead atoms. The highest BCUT2D eigenvalue weighted by Crippen LogP contribution is 2.47. The molecule has 0 saturated carbocycles. The molecule has 230 valence electrons. The van der Waals surface area contributed by atoms with E-state index < -0.39 is 23.7 Å². The summed E-state index contributed by atoms with van der Waals surface area (Å²) in [6, 6.07) is 18.3. The summed E-state index contributed by atoms with van der Waals surface area (Å²) in [5.74, 6) is -1.17. The van der Waals surface area contributed by atoms with Crippen molar-refractivity contribution in [2.75, 3.05) is 26.4 Å². The smallest absolute Gasteiger partial charge is 0.366 e. The third-order valence-corrected chi connectivity index (χ3v) is 7.05. The maximum Gasteiger partial charge on any atom is 0.366 e. The van der Waals surface area contributed by atoms with Crippen LogP contribution in [-0.2, 0) is 19.1 Å². The number of fused-ring (bicyclic) bond motifs is 3. The van der Waals surface area contributed by atoms with Crippen LogP contribution in [0.15, 0.2) is 85.7 Å². The summed E-state index contributed by atoms with van der Waals surface area (Å²) in [6.45, 7) is 9.66. The zero-order valence-electron chi connectivity index (χ0n) is 24.6. The predicted molar refractivity (Wildman–Crippen MR) is 163 cm³/mol. The molecule has 0 N–H and O–H groups in total. The van der Waals surface area contributed by atoms with Crippen LogP contribution < -0.4 is 14.2 Å². The second-order valence-corrected chi connectivity index (χ2v) is 10.2. The molecule has 3 aromatic rings. The van der Waals surface area contributed by atoms with E-state index in [0.29, 0.717) is 62.6 Å². The fraction of sp³-hybridized carbons (Fsp3) is 0.286. The Morgan fingerprint density at radius 2 is 1.27 bits per heavy atom. The second-order valence-electron chi connectivity index (χ2n) is 10.2. The molecule has 8 nitrogen and oxygen atoms in total. The van der Waals surface area contributed by atoms with Crippen LogP contribution in [0.1, 0.15) is 60.0 Å². The van der Waals surface area contributed by atoms with E-state index >= 15 is 0 Å². The number of rotatable bonds is 16. The molecular formula is C35H35FO8. The molecule has 4 rings (SSSR count). The fourth-order valence-corrected chi connectivity index (χ4v) is 4.73. The molecule has 0 spiro atoms. The van der Waals surface area contributed by atoms with Gasteiger partial charge in [-0.2, -0.15) is 4.39 Å². The van der Waals surface area contributed by atoms with Crippen LogP contribution in [0.2, 0.25) is 0 Å². The Morgan fingerprint density at radius 3 is 1.89 bits per heavy atom. The molecule has 3 aromatic carbocycles. The number of benzene rings is 3. The topological polar surface area (TPSA) is 97.4 Å². The number of unbranched alkanes of at least 4 members (excludes halogenated alkanes) is 2. The molecular weight excluding hydrogens is 567 g/mol. The van der Waals surface area contributed by atoms with Crippen LogP contribution >= 0.6 is 0 Å². The largest absolute Gasteiger partial charge is 0.494 e. The lowest BCUT2D eigenvalue weighted by molar-refractivity contribution is -0.141. The molecule has 0 heterocycles. The van der Waals surface area contributed by atoms with Gasteiger partial charge in [0, 0.05) is 12.0 Å². The predicted octanol–water partition coefficient (Wildman–Crippen LogP) is 7.11. The van der Waals surface area contributed by atoms with Gasteiger partial charge in [-0.05, 0) is 96.5 Å². The van der Waals surface area contributed by atoms with Gasteiger partial charge in [0.1, 0.15) is 17.2 Å². The van der Waals surface area contributed by atoms with Crippen molar-refractivity contribution in [1.82, 2.24) is 0 Å². The maximum atomic E-state index is 12.8. The number of hydrogen-bond donors (Lipinski definition) is 0. The molecule has 9 heteroatoms. The van der Waals surface area contributed by atoms with Crippen molar-refractivity contribution in [3.05, 3.63) is 102 Å². The van der Waals surface area contributed by atoms with E-state index in [9.17, 15) is 18.8 Å². The van der Waals surface area contributed by atoms with Gasteiger partial charge in [-0.25, -0.2) is 14.4 Å². The van der Waals surface area contributed by atoms with E-state index in [1.54, 1.807) is 30.3 Å². The Labute approximate surface area is 256 Å². The first-order chi connectivity index (χ1) is 21.3. The van der Waals surface area contributed by atoms with Gasteiger partial charge < -0.3 is 23.7 Å². The molecule has 0 fully saturated rings. The van der Waals surface area contributed by atoms with Crippen LogP contribution in [0.5, 0.6) is 17.2 Å². The number of carbonyl (C=O) groups is 3. The second kappa shape index (κ2) is 15.5. The normalized spacial score (nSPS) is 12.8. The van der Waals surface area contributed by atoms with E-state index in [1.165, 1.54) is 0 Å². The molecule has 0 amide bonds. The van der Waals surface area contributed by atoms with Crippen molar-refractivity contribution < 1.29 is 42.5 Å². The SMILES string of the molecule is C=CC(=O)OCCCCOc1ccc(C(=O)Oc2ccc3c(c2)C(C)c2cc(OCCCCOC(=O)C(=C)F)ccc2-3)cc1. The highest BCUT2D eigenvalue weighted by atomic mass is 19.1. The maximum absolute atomic E-state index is 12.8. The Balaban J connectivity index is 1.25. The first-order valence-electron chi connectivity index (χ1n) is 14.4. The molecule has 1 unspecified atom stereocenters. The van der Waals surface area contributed by atoms with E-state index in [2.05, 4.69) is 20.1 Å². The van der Waals surface area contributed by atoms with Gasteiger partial charge in [0.15, 0.2) is 0 Å². The highest BCUT2D eigenvalue weighted by Gasteiger charge is 2.27. The quantitative estimate of drug-likeness (QED) is 0.0741. The summed E-state index contributed by atoms with van der Waals surface area (Å²) in [5, 5.41) is 0. The third kappa shape index (κ3) is 8.56. The average molecular weight is 603 g/mol. The third-order valence-electron chi connectivity index (χ3n) is 7.05. The monoisotopic (exact) mass is 602 g/mol. The van der Waals surface area contributed by atoms with E-state index in [-0.39, 0.29) is 12.5 Å². The summed E-state index contributed by atoms with van der Waals surface area (Å²) in [7, 11) is 0. The Hall–Kier alpha value is -4.92. The first-order valence-corrected chi connectivity index (χ1v) is 14.4. The Morgan fingerprint density at radius 1 is 0.750 bits per heavy atom. The lowest BCUT2D eigenvalue weighted by atomic mass is 9.99. The minimum atomic E-state index is -1.10. The molecule has 44 heavy (non-hydrogen) atoms. The highest BCUT2D eigenvalue weighted by molar-refractivity contribution is 5.91. The standard InChI is InChI=1S/C35H35FO8/c1-4-33(37)42-19-7-5-17-40-26-11-9-25(10-12-26)35(39)44-28-14-16-30-29-15-13-27(21-31(29)23(2)32(30)22-28)41-18-6-8-20-43-34(38)24(3)36/h4,9-16,21-23H,1,3,5-8,17-20H2,2H3. The molecule has 0 radical (unpaired) electrons. The molecule has 1 aliphatic carbocycles. The molecule has 1 aliphatic rings. The summed E-state index contributed by atoms with van der Waals surface area (Å²) in [5.41, 5.74) is 4.75. The summed E-state index contributed by atoms with van der Waals surface area (Å²) in [6.07, 6.45) is 3.70. The van der Waals surface area contributed by atoms with Crippen molar-refractivity contribution in [2.24, 2.45) is 0 Å². The summed E-state index contributed by atoms with van der Waals surface area (Å²) in [4.78, 5) is 35.0. The van der Waals surface area contributed by atoms with Gasteiger partial charge in [0.25, 0.3) is 0 Å². The molecule has 1 atom stereocenters. The Bertz CT molecular complexity index is 1510. The van der Waals surface area contributed by atoms with Gasteiger partial charge >= 0.3 is 17.9 Å². The lowest BCUT2D eigenvalue weighted by Gasteiger charge is -2.11. The van der Waals surface area contributed by atoms with Crippen LogP contribution in [0.4, 0.5) is 4.39 Å². The van der Waals surface area contributed by atoms with Crippen LogP contribution in [-0.4, -0.2) is 44.3 Å². The minimum Gasteiger partial charge on any atom is -0.494 e. The number of ether oxygens (including phenoxy) is 5. The van der Waals surface area contributed by atoms with Crippen molar-refractivity contribution >= 4 is 17.9 Å². The number of esters is 3. The summed E-state index contributed by atoms with van der Waals surface area (Å²) >= 11 is 0. The minimum absolute atomic E-state index is 0.0703. The average Bonchev–Trinajstić information content (AvgIpc) is 3.30. The zero-order chi connectivity index (χ0) is 31.5. The van der Waals surface area contributed by atoms with Crippen molar-refractivity contribution in [3.63, 3.8) is 0 Å². The molecule has 0 aromatic heterocycles. The van der Waals surface area contributed by atoms with Gasteiger partial charge in [-0.3, -0.25) is 0 Å². The number of halogens is 1. The van der Waals surface area contributed by atoms with Crippen LogP contribution in [0.3, 0.4) is 0 Å². The number of carbonyl (C=O) groups excluding carboxylic acids is 3. The van der Waals surface area contributed by atoms with Gasteiger partial charge in [0.2, 0.25) is 5.83 Å². The van der Waals surface area contributed by atoms with E-state index in [0.717, 1.165) is 34.1 Å². The van der Waals surface area contributed by atoms with Gasteiger partial charge in [-0.1, -0.05) is 32.2 Å². The van der Waals surface area contributed by atoms with E-state index in [1.807, 2.05) is 30.3 Å². The first kappa shape index (κ1) is 32.0. The Kier molecular flexibility index (Phi) is 11.3.